The van der Waals surface area contributed by atoms with E-state index in [1.165, 1.54) is 18.2 Å². The number of nitrogens with two attached hydrogens (primary N) is 1. The Balaban J connectivity index is 2.28. The number of hydrogen-bond acceptors (Lipinski definition) is 3. The average molecular weight is 353 g/mol. The van der Waals surface area contributed by atoms with Crippen molar-refractivity contribution in [2.24, 2.45) is 10.7 Å². The van der Waals surface area contributed by atoms with Gasteiger partial charge in [-0.05, 0) is 31.7 Å². The van der Waals surface area contributed by atoms with Gasteiger partial charge in [0.2, 0.25) is 0 Å². The lowest BCUT2D eigenvalue weighted by Crippen LogP contribution is -2.24. The van der Waals surface area contributed by atoms with Crippen molar-refractivity contribution >= 4 is 11.6 Å². The van der Waals surface area contributed by atoms with Gasteiger partial charge in [-0.3, -0.25) is 4.79 Å². The van der Waals surface area contributed by atoms with E-state index in [2.05, 4.69) is 11.9 Å². The molecule has 0 atom stereocenters. The van der Waals surface area contributed by atoms with Gasteiger partial charge in [-0.1, -0.05) is 31.5 Å². The number of nitrogens with zero attached hydrogens (tertiary/aromatic N) is 2. The van der Waals surface area contributed by atoms with E-state index in [0.29, 0.717) is 12.1 Å². The minimum Gasteiger partial charge on any atom is -0.364 e. The molecule has 0 saturated heterocycles. The number of amides is 1. The minimum atomic E-state index is -4.48. The normalized spacial score (nSPS) is 15.0. The molecule has 7 heteroatoms. The first kappa shape index (κ1) is 19.2. The maximum Gasteiger partial charge on any atom is 0.417 e. The lowest BCUT2D eigenvalue weighted by atomic mass is 9.98. The monoisotopic (exact) mass is 353 g/mol. The van der Waals surface area contributed by atoms with Crippen LogP contribution in [0.4, 0.5) is 13.2 Å². The molecule has 0 bridgehead atoms. The maximum absolute atomic E-state index is 13.2. The standard InChI is InChI=1S/C18H22F3N3O/c1-3-4-9-24(2)11-12-10-15(23-16(12)17(22)25)13-7-5-6-8-14(13)18(19,20)21/h5-8H,3-4,9-11H2,1-2H3,(H2,22,25). The number of alkyl halides is 3. The number of unbranched alkanes of at least 4 members (excludes halogenated alkanes) is 1. The molecule has 25 heavy (non-hydrogen) atoms. The van der Waals surface area contributed by atoms with Crippen LogP contribution in [0.1, 0.15) is 37.3 Å². The topological polar surface area (TPSA) is 58.7 Å². The van der Waals surface area contributed by atoms with Gasteiger partial charge in [0.05, 0.1) is 11.3 Å². The molecule has 1 aliphatic heterocycles. The Morgan fingerprint density at radius 2 is 2.00 bits per heavy atom. The summed E-state index contributed by atoms with van der Waals surface area (Å²) in [7, 11) is 1.91. The Hall–Kier alpha value is -2.15. The highest BCUT2D eigenvalue weighted by Crippen LogP contribution is 2.34. The van der Waals surface area contributed by atoms with Crippen LogP contribution in [0.25, 0.3) is 0 Å². The molecule has 0 aromatic heterocycles. The molecule has 0 fully saturated rings. The predicted molar refractivity (Wildman–Crippen MR) is 91.2 cm³/mol. The number of hydrogen-bond donors (Lipinski definition) is 1. The molecule has 2 rings (SSSR count). The summed E-state index contributed by atoms with van der Waals surface area (Å²) in [6.07, 6.45) is -2.25. The SMILES string of the molecule is CCCCN(C)CC1=C(C(N)=O)N=C(c2ccccc2C(F)(F)F)C1. The molecular formula is C18H22F3N3O. The number of halogens is 3. The van der Waals surface area contributed by atoms with Crippen molar-refractivity contribution in [1.82, 2.24) is 4.90 Å². The van der Waals surface area contributed by atoms with Crippen LogP contribution >= 0.6 is 0 Å². The van der Waals surface area contributed by atoms with Crippen LogP contribution in [-0.2, 0) is 11.0 Å². The first-order valence-electron chi connectivity index (χ1n) is 8.18. The van der Waals surface area contributed by atoms with E-state index in [1.54, 1.807) is 0 Å². The maximum atomic E-state index is 13.2. The highest BCUT2D eigenvalue weighted by Gasteiger charge is 2.35. The molecule has 0 saturated carbocycles. The quantitative estimate of drug-likeness (QED) is 0.817. The van der Waals surface area contributed by atoms with Crippen LogP contribution in [0.3, 0.4) is 0 Å². The zero-order chi connectivity index (χ0) is 18.6. The van der Waals surface area contributed by atoms with Crippen molar-refractivity contribution in [3.63, 3.8) is 0 Å². The number of carbonyl (C=O) groups excluding carboxylic acids is 1. The summed E-state index contributed by atoms with van der Waals surface area (Å²) in [5.74, 6) is -0.710. The van der Waals surface area contributed by atoms with Gasteiger partial charge in [0.25, 0.3) is 5.91 Å². The van der Waals surface area contributed by atoms with Crippen molar-refractivity contribution in [3.8, 4) is 0 Å². The zero-order valence-corrected chi connectivity index (χ0v) is 14.4. The van der Waals surface area contributed by atoms with Crippen LogP contribution in [0.2, 0.25) is 0 Å². The molecule has 2 N–H and O–H groups in total. The fraction of sp³-hybridized carbons (Fsp3) is 0.444. The predicted octanol–water partition coefficient (Wildman–Crippen LogP) is 3.37. The summed E-state index contributed by atoms with van der Waals surface area (Å²) in [4.78, 5) is 17.8. The van der Waals surface area contributed by atoms with E-state index in [0.717, 1.165) is 25.5 Å². The average Bonchev–Trinajstić information content (AvgIpc) is 2.96. The van der Waals surface area contributed by atoms with Gasteiger partial charge in [-0.15, -0.1) is 0 Å². The van der Waals surface area contributed by atoms with Crippen molar-refractivity contribution < 1.29 is 18.0 Å². The Morgan fingerprint density at radius 3 is 2.60 bits per heavy atom. The molecule has 0 radical (unpaired) electrons. The molecule has 1 amide bonds. The summed E-state index contributed by atoms with van der Waals surface area (Å²) in [6.45, 7) is 3.37. The second kappa shape index (κ2) is 7.82. The van der Waals surface area contributed by atoms with Crippen LogP contribution in [0.5, 0.6) is 0 Å². The van der Waals surface area contributed by atoms with Gasteiger partial charge in [0, 0.05) is 18.5 Å². The fourth-order valence-electron chi connectivity index (χ4n) is 2.87. The summed E-state index contributed by atoms with van der Waals surface area (Å²) in [5, 5.41) is 0. The van der Waals surface area contributed by atoms with E-state index >= 15 is 0 Å². The summed E-state index contributed by atoms with van der Waals surface area (Å²) >= 11 is 0. The van der Waals surface area contributed by atoms with Gasteiger partial charge in [-0.2, -0.15) is 13.2 Å². The van der Waals surface area contributed by atoms with Crippen molar-refractivity contribution in [3.05, 3.63) is 46.7 Å². The number of aliphatic imine (C=N–C) groups is 1. The molecule has 1 aromatic carbocycles. The van der Waals surface area contributed by atoms with E-state index in [4.69, 9.17) is 5.73 Å². The van der Waals surface area contributed by atoms with Crippen LogP contribution in [-0.4, -0.2) is 36.7 Å². The van der Waals surface area contributed by atoms with Crippen LogP contribution in [0, 0.1) is 0 Å². The van der Waals surface area contributed by atoms with E-state index < -0.39 is 17.6 Å². The Kier molecular flexibility index (Phi) is 6.00. The van der Waals surface area contributed by atoms with Crippen LogP contribution < -0.4 is 5.73 Å². The van der Waals surface area contributed by atoms with Crippen molar-refractivity contribution in [2.75, 3.05) is 20.1 Å². The van der Waals surface area contributed by atoms with Crippen LogP contribution in [0.15, 0.2) is 40.5 Å². The largest absolute Gasteiger partial charge is 0.417 e. The number of carbonyl (C=O) groups is 1. The molecule has 0 unspecified atom stereocenters. The van der Waals surface area contributed by atoms with E-state index in [1.807, 2.05) is 11.9 Å². The highest BCUT2D eigenvalue weighted by molar-refractivity contribution is 6.10. The van der Waals surface area contributed by atoms with Gasteiger partial charge in [0.1, 0.15) is 5.70 Å². The number of rotatable bonds is 7. The molecule has 1 aliphatic rings. The lowest BCUT2D eigenvalue weighted by molar-refractivity contribution is -0.137. The highest BCUT2D eigenvalue weighted by atomic mass is 19.4. The third-order valence-corrected chi connectivity index (χ3v) is 4.09. The Morgan fingerprint density at radius 1 is 1.32 bits per heavy atom. The van der Waals surface area contributed by atoms with Gasteiger partial charge >= 0.3 is 6.18 Å². The summed E-state index contributed by atoms with van der Waals surface area (Å²) in [5.41, 5.74) is 5.61. The second-order valence-electron chi connectivity index (χ2n) is 6.19. The molecule has 136 valence electrons. The summed E-state index contributed by atoms with van der Waals surface area (Å²) < 4.78 is 39.7. The fourth-order valence-corrected chi connectivity index (χ4v) is 2.87. The van der Waals surface area contributed by atoms with Gasteiger partial charge in [-0.25, -0.2) is 4.99 Å². The van der Waals surface area contributed by atoms with Gasteiger partial charge in [0.15, 0.2) is 0 Å². The molecule has 1 heterocycles. The molecule has 1 aromatic rings. The van der Waals surface area contributed by atoms with Crippen molar-refractivity contribution in [2.45, 2.75) is 32.4 Å². The third kappa shape index (κ3) is 4.69. The zero-order valence-electron chi connectivity index (χ0n) is 14.4. The Bertz CT molecular complexity index is 708. The lowest BCUT2D eigenvalue weighted by Gasteiger charge is -2.17. The first-order chi connectivity index (χ1) is 11.7. The number of primary amides is 1. The smallest absolute Gasteiger partial charge is 0.364 e. The Labute approximate surface area is 145 Å². The second-order valence-corrected chi connectivity index (χ2v) is 6.19. The third-order valence-electron chi connectivity index (χ3n) is 4.09. The summed E-state index contributed by atoms with van der Waals surface area (Å²) in [6, 6.07) is 5.27. The number of benzene rings is 1. The first-order valence-corrected chi connectivity index (χ1v) is 8.18. The molecule has 4 nitrogen and oxygen atoms in total. The minimum absolute atomic E-state index is 0.0000359. The number of likely N-dealkylation sites (N-methyl/N-ethyl adjacent to an activating group) is 1. The molecule has 0 spiro atoms. The molecule has 0 aliphatic carbocycles. The van der Waals surface area contributed by atoms with Gasteiger partial charge < -0.3 is 10.6 Å². The van der Waals surface area contributed by atoms with Crippen molar-refractivity contribution in [1.29, 1.82) is 0 Å². The van der Waals surface area contributed by atoms with E-state index in [9.17, 15) is 18.0 Å². The van der Waals surface area contributed by atoms with E-state index in [-0.39, 0.29) is 23.4 Å². The molecular weight excluding hydrogens is 331 g/mol.